The van der Waals surface area contributed by atoms with Crippen molar-refractivity contribution < 1.29 is 9.53 Å². The summed E-state index contributed by atoms with van der Waals surface area (Å²) in [6, 6.07) is 13.4. The predicted octanol–water partition coefficient (Wildman–Crippen LogP) is 5.12. The Bertz CT molecular complexity index is 1200. The Kier molecular flexibility index (Phi) is 5.84. The molecule has 0 saturated heterocycles. The van der Waals surface area contributed by atoms with E-state index in [1.165, 1.54) is 27.7 Å². The largest absolute Gasteiger partial charge is 0.465 e. The lowest BCUT2D eigenvalue weighted by Crippen LogP contribution is -2.21. The van der Waals surface area contributed by atoms with E-state index in [4.69, 9.17) is 9.72 Å². The number of thiophene rings is 2. The number of rotatable bonds is 6. The van der Waals surface area contributed by atoms with Gasteiger partial charge in [-0.1, -0.05) is 48.2 Å². The highest BCUT2D eigenvalue weighted by Crippen LogP contribution is 2.38. The molecule has 1 atom stereocenters. The van der Waals surface area contributed by atoms with E-state index in [0.717, 1.165) is 16.0 Å². The van der Waals surface area contributed by atoms with E-state index in [-0.39, 0.29) is 11.5 Å². The van der Waals surface area contributed by atoms with Gasteiger partial charge in [0.2, 0.25) is 0 Å². The number of carbonyl (C=O) groups is 1. The van der Waals surface area contributed by atoms with Gasteiger partial charge in [-0.05, 0) is 23.9 Å². The Morgan fingerprint density at radius 3 is 2.69 bits per heavy atom. The number of thioether (sulfide) groups is 1. The minimum Gasteiger partial charge on any atom is -0.465 e. The second-order valence-corrected chi connectivity index (χ2v) is 9.10. The Morgan fingerprint density at radius 1 is 1.21 bits per heavy atom. The van der Waals surface area contributed by atoms with E-state index in [1.807, 2.05) is 53.2 Å². The summed E-state index contributed by atoms with van der Waals surface area (Å²) in [6.07, 6.45) is 0. The van der Waals surface area contributed by atoms with Crippen molar-refractivity contribution in [1.29, 1.82) is 0 Å². The third-order valence-electron chi connectivity index (χ3n) is 4.39. The van der Waals surface area contributed by atoms with Crippen LogP contribution in [0.1, 0.15) is 17.7 Å². The SMILES string of the molecule is CCOC(=O)C(Sc1nc2scc(-c3cccs3)c2c(=O)n1C)c1ccccc1. The third-order valence-corrected chi connectivity index (χ3v) is 7.44. The second-order valence-electron chi connectivity index (χ2n) is 6.23. The number of hydrogen-bond donors (Lipinski definition) is 0. The normalized spacial score (nSPS) is 12.2. The summed E-state index contributed by atoms with van der Waals surface area (Å²) in [5, 5.41) is 4.48. The molecule has 0 saturated carbocycles. The maximum absolute atomic E-state index is 13.1. The van der Waals surface area contributed by atoms with Gasteiger partial charge in [-0.15, -0.1) is 22.7 Å². The Hall–Kier alpha value is -2.42. The van der Waals surface area contributed by atoms with E-state index in [9.17, 15) is 9.59 Å². The first-order valence-electron chi connectivity index (χ1n) is 9.00. The molecule has 3 heterocycles. The Labute approximate surface area is 180 Å². The second kappa shape index (κ2) is 8.52. The van der Waals surface area contributed by atoms with Crippen LogP contribution in [0.3, 0.4) is 0 Å². The van der Waals surface area contributed by atoms with Crippen molar-refractivity contribution in [3.63, 3.8) is 0 Å². The summed E-state index contributed by atoms with van der Waals surface area (Å²) in [7, 11) is 1.69. The lowest BCUT2D eigenvalue weighted by Gasteiger charge is -2.16. The summed E-state index contributed by atoms with van der Waals surface area (Å²) in [5.74, 6) is -0.344. The van der Waals surface area contributed by atoms with Crippen molar-refractivity contribution in [2.24, 2.45) is 7.05 Å². The highest BCUT2D eigenvalue weighted by atomic mass is 32.2. The molecular weight excluding hydrogens is 424 g/mol. The third kappa shape index (κ3) is 3.88. The van der Waals surface area contributed by atoms with Gasteiger partial charge < -0.3 is 4.74 Å². The zero-order chi connectivity index (χ0) is 20.4. The molecule has 1 unspecified atom stereocenters. The van der Waals surface area contributed by atoms with E-state index >= 15 is 0 Å². The summed E-state index contributed by atoms with van der Waals surface area (Å²) in [6.45, 7) is 2.08. The molecule has 5 nitrogen and oxygen atoms in total. The first-order valence-corrected chi connectivity index (χ1v) is 11.6. The topological polar surface area (TPSA) is 61.2 Å². The molecule has 0 spiro atoms. The van der Waals surface area contributed by atoms with Crippen molar-refractivity contribution in [3.8, 4) is 10.4 Å². The monoisotopic (exact) mass is 442 g/mol. The van der Waals surface area contributed by atoms with Crippen LogP contribution in [0.2, 0.25) is 0 Å². The summed E-state index contributed by atoms with van der Waals surface area (Å²) < 4.78 is 6.79. The fourth-order valence-electron chi connectivity index (χ4n) is 2.98. The molecule has 0 bridgehead atoms. The molecule has 0 aliphatic rings. The minimum atomic E-state index is -0.594. The van der Waals surface area contributed by atoms with Crippen LogP contribution in [-0.4, -0.2) is 22.1 Å². The van der Waals surface area contributed by atoms with Gasteiger partial charge in [-0.25, -0.2) is 4.98 Å². The number of hydrogen-bond acceptors (Lipinski definition) is 7. The number of fused-ring (bicyclic) bond motifs is 1. The van der Waals surface area contributed by atoms with Gasteiger partial charge >= 0.3 is 5.97 Å². The van der Waals surface area contributed by atoms with Crippen LogP contribution in [0.15, 0.2) is 63.2 Å². The van der Waals surface area contributed by atoms with Gasteiger partial charge in [-0.2, -0.15) is 0 Å². The predicted molar refractivity (Wildman–Crippen MR) is 120 cm³/mol. The van der Waals surface area contributed by atoms with E-state index in [0.29, 0.717) is 22.0 Å². The fraction of sp³-hybridized carbons (Fsp3) is 0.190. The number of esters is 1. The van der Waals surface area contributed by atoms with Crippen molar-refractivity contribution in [1.82, 2.24) is 9.55 Å². The summed E-state index contributed by atoms with van der Waals surface area (Å²) >= 11 is 4.28. The van der Waals surface area contributed by atoms with Gasteiger partial charge in [0.15, 0.2) is 5.16 Å². The smallest absolute Gasteiger partial charge is 0.324 e. The van der Waals surface area contributed by atoms with E-state index < -0.39 is 5.25 Å². The first-order chi connectivity index (χ1) is 14.1. The number of carbonyl (C=O) groups excluding carboxylic acids is 1. The van der Waals surface area contributed by atoms with Crippen LogP contribution in [0, 0.1) is 0 Å². The highest BCUT2D eigenvalue weighted by molar-refractivity contribution is 8.00. The van der Waals surface area contributed by atoms with Gasteiger partial charge in [0.05, 0.1) is 12.0 Å². The maximum atomic E-state index is 13.1. The molecule has 4 aromatic rings. The number of ether oxygens (including phenoxy) is 1. The molecule has 3 aromatic heterocycles. The van der Waals surface area contributed by atoms with Gasteiger partial charge in [0.1, 0.15) is 10.1 Å². The number of benzene rings is 1. The fourth-order valence-corrected chi connectivity index (χ4v) is 5.84. The minimum absolute atomic E-state index is 0.113. The van der Waals surface area contributed by atoms with Crippen molar-refractivity contribution in [2.75, 3.05) is 6.61 Å². The van der Waals surface area contributed by atoms with Crippen LogP contribution in [-0.2, 0) is 16.6 Å². The molecule has 8 heteroatoms. The lowest BCUT2D eigenvalue weighted by molar-refractivity contribution is -0.142. The average Bonchev–Trinajstić information content (AvgIpc) is 3.40. The van der Waals surface area contributed by atoms with E-state index in [2.05, 4.69) is 0 Å². The Balaban J connectivity index is 1.78. The van der Waals surface area contributed by atoms with Crippen LogP contribution < -0.4 is 5.56 Å². The molecule has 0 fully saturated rings. The van der Waals surface area contributed by atoms with Crippen molar-refractivity contribution in [2.45, 2.75) is 17.3 Å². The quantitative estimate of drug-likeness (QED) is 0.236. The standard InChI is InChI=1S/C21H18N2O3S3/c1-3-26-20(25)17(13-8-5-4-6-9-13)29-21-22-18-16(19(24)23(21)2)14(12-28-18)15-10-7-11-27-15/h4-12,17H,3H2,1-2H3. The average molecular weight is 443 g/mol. The highest BCUT2D eigenvalue weighted by Gasteiger charge is 2.26. The lowest BCUT2D eigenvalue weighted by atomic mass is 10.1. The van der Waals surface area contributed by atoms with Gasteiger partial charge in [0, 0.05) is 22.9 Å². The molecule has 4 rings (SSSR count). The van der Waals surface area contributed by atoms with Gasteiger partial charge in [0.25, 0.3) is 5.56 Å². The van der Waals surface area contributed by atoms with Crippen LogP contribution in [0.25, 0.3) is 20.7 Å². The van der Waals surface area contributed by atoms with Crippen LogP contribution in [0.4, 0.5) is 0 Å². The number of aromatic nitrogens is 2. The van der Waals surface area contributed by atoms with Crippen molar-refractivity contribution in [3.05, 3.63) is 69.1 Å². The molecule has 1 aromatic carbocycles. The van der Waals surface area contributed by atoms with Crippen molar-refractivity contribution >= 4 is 50.6 Å². The van der Waals surface area contributed by atoms with Crippen LogP contribution >= 0.6 is 34.4 Å². The molecule has 0 radical (unpaired) electrons. The van der Waals surface area contributed by atoms with E-state index in [1.54, 1.807) is 25.3 Å². The molecule has 0 N–H and O–H groups in total. The molecule has 148 valence electrons. The molecule has 0 amide bonds. The summed E-state index contributed by atoms with van der Waals surface area (Å²) in [4.78, 5) is 32.2. The zero-order valence-electron chi connectivity index (χ0n) is 15.8. The van der Waals surface area contributed by atoms with Crippen LogP contribution in [0.5, 0.6) is 0 Å². The summed E-state index contributed by atoms with van der Waals surface area (Å²) in [5.41, 5.74) is 1.61. The number of nitrogens with zero attached hydrogens (tertiary/aromatic N) is 2. The zero-order valence-corrected chi connectivity index (χ0v) is 18.3. The molecule has 0 aliphatic carbocycles. The molecular formula is C21H18N2O3S3. The molecule has 29 heavy (non-hydrogen) atoms. The maximum Gasteiger partial charge on any atom is 0.324 e. The first kappa shape index (κ1) is 19.9. The Morgan fingerprint density at radius 2 is 2.00 bits per heavy atom. The molecule has 0 aliphatic heterocycles. The van der Waals surface area contributed by atoms with Gasteiger partial charge in [-0.3, -0.25) is 14.2 Å².